The van der Waals surface area contributed by atoms with E-state index in [1.165, 1.54) is 78.0 Å². The molecule has 7 heterocycles. The van der Waals surface area contributed by atoms with Crippen LogP contribution in [0.2, 0.25) is 0 Å². The van der Waals surface area contributed by atoms with E-state index < -0.39 is 27.3 Å². The summed E-state index contributed by atoms with van der Waals surface area (Å²) in [5.74, 6) is 4.21. The third-order valence-corrected chi connectivity index (χ3v) is 24.2. The van der Waals surface area contributed by atoms with E-state index in [1.807, 2.05) is 115 Å². The number of aromatic nitrogens is 7. The molecule has 0 spiro atoms. The van der Waals surface area contributed by atoms with Crippen molar-refractivity contribution in [1.82, 2.24) is 35.2 Å². The Labute approximate surface area is 748 Å². The SMILES string of the molecule is COc1ccc(CN(c2ccon2)S(=O)(=O)c2ccc3c(Br)c[nH]c(=O)c3c2)cc1.COc1ccc(CNc2ccon2)cc1.O=S(=O)(Cl)Cl.O=c1[nH]cc(Br)c2ccc(S(=O)(=O)Cl)cc12.O=c1[nH]cc(Br)c2ccc(SCc3ccccc3)cc12.O=c1[nH]ccc2ccc(Br)cc12.O=c1[nH]ccc2ccc(SCc3ccccc3)cc12.[B]=NS. The molecule has 16 rings (SSSR count). The molecule has 16 aromatic rings. The zero-order chi connectivity index (χ0) is 86.5. The number of hydrogen-bond acceptors (Lipinski definition) is 22. The molecule has 0 aliphatic rings. The minimum atomic E-state index is -4.05. The van der Waals surface area contributed by atoms with E-state index in [0.717, 1.165) is 85.2 Å². The zero-order valence-electron chi connectivity index (χ0n) is 62.4. The fraction of sp³-hybridized carbons (Fsp3) is 0.0741. The van der Waals surface area contributed by atoms with Crippen LogP contribution < -0.4 is 46.9 Å². The fourth-order valence-electron chi connectivity index (χ4n) is 10.8. The van der Waals surface area contributed by atoms with Crippen LogP contribution in [0.25, 0.3) is 53.9 Å². The summed E-state index contributed by atoms with van der Waals surface area (Å²) in [6, 6.07) is 68.8. The minimum absolute atomic E-state index is 0.0196. The Morgan fingerprint density at radius 3 is 1.33 bits per heavy atom. The topological polar surface area (TPSA) is 365 Å². The van der Waals surface area contributed by atoms with Crippen molar-refractivity contribution in [3.8, 4) is 11.5 Å². The van der Waals surface area contributed by atoms with Crippen LogP contribution >= 0.6 is 132 Å². The molecule has 0 bridgehead atoms. The van der Waals surface area contributed by atoms with Gasteiger partial charge in [0.1, 0.15) is 24.0 Å². The number of anilines is 2. The van der Waals surface area contributed by atoms with E-state index in [1.54, 1.807) is 92.7 Å². The normalized spacial score (nSPS) is 10.8. The summed E-state index contributed by atoms with van der Waals surface area (Å²) in [7, 11) is 9.69. The quantitative estimate of drug-likeness (QED) is 0.0193. The van der Waals surface area contributed by atoms with Crippen molar-refractivity contribution < 1.29 is 43.8 Å². The van der Waals surface area contributed by atoms with E-state index in [0.29, 0.717) is 30.9 Å². The maximum atomic E-state index is 13.5. The van der Waals surface area contributed by atoms with Crippen LogP contribution in [0.4, 0.5) is 11.6 Å². The van der Waals surface area contributed by atoms with Crippen LogP contribution in [0, 0.1) is 0 Å². The molecule has 1 radical (unpaired) electrons. The molecular formula is C81H65BBr4Cl3N10O15S6. The van der Waals surface area contributed by atoms with Crippen molar-refractivity contribution >= 4 is 233 Å². The van der Waals surface area contributed by atoms with Crippen molar-refractivity contribution in [3.63, 3.8) is 0 Å². The van der Waals surface area contributed by atoms with Crippen LogP contribution in [0.15, 0.2) is 343 Å². The summed E-state index contributed by atoms with van der Waals surface area (Å²) in [5.41, 5.74) is 3.59. The molecule has 120 heavy (non-hydrogen) atoms. The second-order valence-corrected chi connectivity index (χ2v) is 38.3. The van der Waals surface area contributed by atoms with Crippen LogP contribution in [0.1, 0.15) is 22.3 Å². The number of nitrogens with one attached hydrogen (secondary N) is 6. The first-order chi connectivity index (χ1) is 57.4. The molecule has 0 unspecified atom stereocenters. The van der Waals surface area contributed by atoms with Gasteiger partial charge in [-0.1, -0.05) is 142 Å². The van der Waals surface area contributed by atoms with Gasteiger partial charge in [0.2, 0.25) is 0 Å². The average Bonchev–Trinajstić information content (AvgIpc) is 0.765. The summed E-state index contributed by atoms with van der Waals surface area (Å²) in [6.45, 7) is 0.738. The summed E-state index contributed by atoms with van der Waals surface area (Å²) in [5, 5.41) is 17.5. The molecule has 617 valence electrons. The first-order valence-electron chi connectivity index (χ1n) is 34.5. The van der Waals surface area contributed by atoms with Gasteiger partial charge in [0.05, 0.1) is 30.6 Å². The Morgan fingerprint density at radius 2 is 0.875 bits per heavy atom. The molecule has 7 aromatic heterocycles. The monoisotopic (exact) mass is 2040 g/mol. The van der Waals surface area contributed by atoms with Gasteiger partial charge in [-0.25, -0.2) is 21.1 Å². The molecule has 39 heteroatoms. The molecule has 0 saturated heterocycles. The second-order valence-electron chi connectivity index (χ2n) is 24.4. The van der Waals surface area contributed by atoms with E-state index in [-0.39, 0.29) is 60.7 Å². The number of nitrogens with zero attached hydrogens (tertiary/aromatic N) is 4. The van der Waals surface area contributed by atoms with Gasteiger partial charge in [-0.15, -0.1) is 23.5 Å². The molecule has 9 aromatic carbocycles. The van der Waals surface area contributed by atoms with E-state index >= 15 is 0 Å². The van der Waals surface area contributed by atoms with Gasteiger partial charge in [0.25, 0.3) is 46.9 Å². The van der Waals surface area contributed by atoms with Crippen LogP contribution in [0.3, 0.4) is 0 Å². The maximum absolute atomic E-state index is 13.5. The number of ether oxygens (including phenoxy) is 2. The number of H-pyrrole nitrogens is 5. The number of benzene rings is 9. The third-order valence-electron chi connectivity index (χ3n) is 16.6. The van der Waals surface area contributed by atoms with E-state index in [4.69, 9.17) is 37.6 Å². The zero-order valence-corrected chi connectivity index (χ0v) is 75.9. The number of methoxy groups -OCH3 is 2. The summed E-state index contributed by atoms with van der Waals surface area (Å²) < 4.78 is 94.3. The Kier molecular flexibility index (Phi) is 35.8. The number of thiol groups is 1. The van der Waals surface area contributed by atoms with Gasteiger partial charge in [-0.05, 0) is 178 Å². The molecule has 0 amide bonds. The van der Waals surface area contributed by atoms with Gasteiger partial charge in [-0.2, -0.15) is 8.42 Å². The van der Waals surface area contributed by atoms with Crippen molar-refractivity contribution in [1.29, 1.82) is 0 Å². The summed E-state index contributed by atoms with van der Waals surface area (Å²) >= 11 is 20.1. The molecule has 0 fully saturated rings. The second kappa shape index (κ2) is 45.7. The van der Waals surface area contributed by atoms with Crippen molar-refractivity contribution in [2.45, 2.75) is 44.2 Å². The number of halogens is 7. The Morgan fingerprint density at radius 1 is 0.467 bits per heavy atom. The molecule has 6 N–H and O–H groups in total. The Balaban J connectivity index is 0.000000164. The van der Waals surface area contributed by atoms with Gasteiger partial charge >= 0.3 is 33.0 Å². The predicted octanol–water partition coefficient (Wildman–Crippen LogP) is 19.8. The molecule has 0 aliphatic carbocycles. The van der Waals surface area contributed by atoms with Gasteiger partial charge in [0.15, 0.2) is 11.6 Å². The Hall–Kier alpha value is -9.80. The van der Waals surface area contributed by atoms with Gasteiger partial charge < -0.3 is 48.8 Å². The Bertz CT molecular complexity index is 6840. The first kappa shape index (κ1) is 94.1. The van der Waals surface area contributed by atoms with Gasteiger partial charge in [-0.3, -0.25) is 24.0 Å². The standard InChI is InChI=1S/C20H16BrN3O5S.C16H12BrNOS.C16H13NOS.C11H12N2O2.C9H5BrClNO3S.C9H6BrNO.BHNS.Cl2O2S/c1-28-14-4-2-13(3-5-14)12-24(19-8-9-29-23-19)30(26,27)15-6-7-16-17(10-15)20(25)22-11-18(16)21;17-15-9-18-16(19)14-8-12(6-7-13(14)15)20-10-11-4-2-1-3-5-11;18-16-15-10-14(7-6-13(15)8-9-17-16)19-11-12-4-2-1-3-5-12;1-14-10-4-2-9(3-5-10)8-12-11-6-7-15-13-11;10-8-4-12-9(13)7-3-5(16(11,14)15)1-2-6(7)8;10-7-2-1-6-3-4-11-9(12)8(6)5-7;1-2-3;1-5(2,3)4/h2-11H,12H2,1H3,(H,22,25);1-9H,10H2,(H,18,19);1-10H,11H2,(H,17,18);2-7H,8H2,1H3,(H,12,13);1-4H,(H,12,13);1-5H,(H,11,12);3H;. The predicted molar refractivity (Wildman–Crippen MR) is 496 cm³/mol. The van der Waals surface area contributed by atoms with Crippen molar-refractivity contribution in [2.24, 2.45) is 4.30 Å². The summed E-state index contributed by atoms with van der Waals surface area (Å²) in [6.07, 6.45) is 10.9. The number of rotatable bonds is 17. The number of sulfonamides is 1. The molecular weight excluding hydrogens is 1980 g/mol. The van der Waals surface area contributed by atoms with Gasteiger partial charge in [0, 0.05) is 164 Å². The number of pyridine rings is 5. The summed E-state index contributed by atoms with van der Waals surface area (Å²) in [4.78, 5) is 73.8. The number of hydrogen-bond donors (Lipinski definition) is 7. The van der Waals surface area contributed by atoms with Crippen molar-refractivity contribution in [2.75, 3.05) is 23.8 Å². The average molecular weight is 2050 g/mol. The molecule has 0 aliphatic heterocycles. The van der Waals surface area contributed by atoms with E-state index in [9.17, 15) is 40.8 Å². The number of fused-ring (bicyclic) bond motifs is 5. The molecule has 25 nitrogen and oxygen atoms in total. The number of thioether (sulfide) groups is 2. The van der Waals surface area contributed by atoms with Crippen LogP contribution in [-0.4, -0.2) is 82.3 Å². The van der Waals surface area contributed by atoms with E-state index in [2.05, 4.69) is 187 Å². The molecule has 0 atom stereocenters. The fourth-order valence-corrected chi connectivity index (χ4v) is 16.5. The van der Waals surface area contributed by atoms with Crippen molar-refractivity contribution in [3.05, 3.63) is 360 Å². The van der Waals surface area contributed by atoms with Crippen LogP contribution in [0.5, 0.6) is 11.5 Å². The van der Waals surface area contributed by atoms with Crippen LogP contribution in [-0.2, 0) is 51.9 Å². The number of aromatic amines is 5. The third kappa shape index (κ3) is 28.4. The molecule has 0 saturated carbocycles. The first-order valence-corrected chi connectivity index (χ1v) is 47.0.